The Kier molecular flexibility index (Phi) is 3.43. The van der Waals surface area contributed by atoms with E-state index in [-0.39, 0.29) is 11.0 Å². The van der Waals surface area contributed by atoms with Crippen molar-refractivity contribution in [2.45, 2.75) is 0 Å². The number of ether oxygens (including phenoxy) is 1. The third-order valence-electron chi connectivity index (χ3n) is 2.29. The van der Waals surface area contributed by atoms with Gasteiger partial charge in [0.1, 0.15) is 5.75 Å². The normalized spacial score (nSPS) is 10.1. The molecular weight excluding hydrogens is 256 g/mol. The number of rotatable bonds is 3. The predicted molar refractivity (Wildman–Crippen MR) is 69.1 cm³/mol. The first kappa shape index (κ1) is 12.3. The van der Waals surface area contributed by atoms with Crippen LogP contribution in [0.15, 0.2) is 34.7 Å². The highest BCUT2D eigenvalue weighted by Crippen LogP contribution is 2.25. The van der Waals surface area contributed by atoms with Crippen LogP contribution < -0.4 is 15.8 Å². The highest BCUT2D eigenvalue weighted by Gasteiger charge is 2.11. The van der Waals surface area contributed by atoms with Crippen molar-refractivity contribution in [2.75, 3.05) is 18.2 Å². The van der Waals surface area contributed by atoms with E-state index in [0.29, 0.717) is 17.1 Å². The Hall–Kier alpha value is -2.14. The van der Waals surface area contributed by atoms with Crippen LogP contribution in [0.4, 0.5) is 11.4 Å². The van der Waals surface area contributed by atoms with Gasteiger partial charge in [0.05, 0.1) is 12.8 Å². The molecule has 1 aromatic heterocycles. The largest absolute Gasteiger partial charge is 0.495 e. The van der Waals surface area contributed by atoms with Crippen LogP contribution in [-0.4, -0.2) is 13.0 Å². The van der Waals surface area contributed by atoms with Gasteiger partial charge in [-0.05, 0) is 35.9 Å². The Morgan fingerprint density at radius 2 is 2.17 bits per heavy atom. The van der Waals surface area contributed by atoms with Gasteiger partial charge in [0.15, 0.2) is 11.0 Å². The smallest absolute Gasteiger partial charge is 0.291 e. The van der Waals surface area contributed by atoms with Crippen LogP contribution in [0.1, 0.15) is 10.6 Å². The Morgan fingerprint density at radius 1 is 1.39 bits per heavy atom. The van der Waals surface area contributed by atoms with Gasteiger partial charge < -0.3 is 20.2 Å². The lowest BCUT2D eigenvalue weighted by molar-refractivity contribution is 0.0997. The van der Waals surface area contributed by atoms with Crippen LogP contribution in [-0.2, 0) is 0 Å². The number of methoxy groups -OCH3 is 1. The average molecular weight is 267 g/mol. The van der Waals surface area contributed by atoms with Crippen LogP contribution in [0.2, 0.25) is 5.22 Å². The first-order chi connectivity index (χ1) is 8.60. The number of carbonyl (C=O) groups excluding carboxylic acids is 1. The molecule has 0 aliphatic rings. The standard InChI is InChI=1S/C12H11ClN2O3/c1-17-10-6-7(2-3-8(10)14)15-12(16)9-4-5-11(13)18-9/h2-6H,14H2,1H3,(H,15,16). The molecule has 0 atom stereocenters. The Bertz CT molecular complexity index is 580. The molecule has 2 rings (SSSR count). The minimum Gasteiger partial charge on any atom is -0.495 e. The van der Waals surface area contributed by atoms with Gasteiger partial charge in [0, 0.05) is 11.8 Å². The van der Waals surface area contributed by atoms with E-state index in [9.17, 15) is 4.79 Å². The Morgan fingerprint density at radius 3 is 2.78 bits per heavy atom. The number of benzene rings is 1. The summed E-state index contributed by atoms with van der Waals surface area (Å²) in [5, 5.41) is 2.81. The van der Waals surface area contributed by atoms with Crippen molar-refractivity contribution in [1.29, 1.82) is 0 Å². The zero-order valence-corrected chi connectivity index (χ0v) is 10.3. The van der Waals surface area contributed by atoms with Crippen molar-refractivity contribution in [2.24, 2.45) is 0 Å². The van der Waals surface area contributed by atoms with Gasteiger partial charge in [-0.1, -0.05) is 0 Å². The number of amides is 1. The van der Waals surface area contributed by atoms with Gasteiger partial charge in [-0.3, -0.25) is 4.79 Å². The lowest BCUT2D eigenvalue weighted by Crippen LogP contribution is -2.11. The number of nitrogen functional groups attached to an aromatic ring is 1. The number of hydrogen-bond donors (Lipinski definition) is 2. The van der Waals surface area contributed by atoms with Gasteiger partial charge >= 0.3 is 0 Å². The average Bonchev–Trinajstić information content (AvgIpc) is 2.78. The Balaban J connectivity index is 2.16. The second-order valence-corrected chi connectivity index (χ2v) is 3.89. The number of hydrogen-bond acceptors (Lipinski definition) is 4. The summed E-state index contributed by atoms with van der Waals surface area (Å²) < 4.78 is 10.1. The van der Waals surface area contributed by atoms with Crippen LogP contribution >= 0.6 is 11.6 Å². The number of carbonyl (C=O) groups is 1. The molecule has 5 nitrogen and oxygen atoms in total. The molecule has 1 aromatic carbocycles. The molecule has 0 fully saturated rings. The predicted octanol–water partition coefficient (Wildman–Crippen LogP) is 2.78. The molecule has 0 spiro atoms. The van der Waals surface area contributed by atoms with E-state index < -0.39 is 5.91 Å². The lowest BCUT2D eigenvalue weighted by Gasteiger charge is -2.08. The monoisotopic (exact) mass is 266 g/mol. The molecule has 18 heavy (non-hydrogen) atoms. The fourth-order valence-electron chi connectivity index (χ4n) is 1.42. The molecule has 2 aromatic rings. The zero-order valence-electron chi connectivity index (χ0n) is 9.57. The molecule has 6 heteroatoms. The minimum absolute atomic E-state index is 0.135. The molecule has 0 bridgehead atoms. The third kappa shape index (κ3) is 2.57. The number of nitrogens with one attached hydrogen (secondary N) is 1. The molecule has 1 heterocycles. The van der Waals surface area contributed by atoms with Crippen LogP contribution in [0.5, 0.6) is 5.75 Å². The van der Waals surface area contributed by atoms with E-state index >= 15 is 0 Å². The highest BCUT2D eigenvalue weighted by atomic mass is 35.5. The zero-order chi connectivity index (χ0) is 13.1. The summed E-state index contributed by atoms with van der Waals surface area (Å²) in [6, 6.07) is 7.92. The van der Waals surface area contributed by atoms with Crippen LogP contribution in [0.3, 0.4) is 0 Å². The fourth-order valence-corrected chi connectivity index (χ4v) is 1.56. The molecule has 0 unspecified atom stereocenters. The molecule has 0 saturated heterocycles. The van der Waals surface area contributed by atoms with Crippen molar-refractivity contribution < 1.29 is 13.9 Å². The molecule has 94 valence electrons. The first-order valence-electron chi connectivity index (χ1n) is 5.10. The summed E-state index contributed by atoms with van der Waals surface area (Å²) in [4.78, 5) is 11.8. The van der Waals surface area contributed by atoms with Crippen molar-refractivity contribution in [3.8, 4) is 5.75 Å². The maximum Gasteiger partial charge on any atom is 0.291 e. The molecule has 3 N–H and O–H groups in total. The lowest BCUT2D eigenvalue weighted by atomic mass is 10.2. The second kappa shape index (κ2) is 5.01. The first-order valence-corrected chi connectivity index (χ1v) is 5.48. The summed E-state index contributed by atoms with van der Waals surface area (Å²) in [6.07, 6.45) is 0. The highest BCUT2D eigenvalue weighted by molar-refractivity contribution is 6.29. The Labute approximate surface area is 108 Å². The van der Waals surface area contributed by atoms with E-state index in [4.69, 9.17) is 26.5 Å². The van der Waals surface area contributed by atoms with E-state index in [1.807, 2.05) is 0 Å². The molecule has 0 aliphatic heterocycles. The van der Waals surface area contributed by atoms with Crippen LogP contribution in [0.25, 0.3) is 0 Å². The van der Waals surface area contributed by atoms with E-state index in [1.54, 1.807) is 18.2 Å². The number of nitrogens with two attached hydrogens (primary N) is 1. The van der Waals surface area contributed by atoms with Crippen molar-refractivity contribution >= 4 is 28.9 Å². The van der Waals surface area contributed by atoms with E-state index in [1.165, 1.54) is 19.2 Å². The van der Waals surface area contributed by atoms with Gasteiger partial charge in [0.25, 0.3) is 5.91 Å². The molecular formula is C12H11ClN2O3. The molecule has 0 saturated carbocycles. The summed E-state index contributed by atoms with van der Waals surface area (Å²) >= 11 is 5.59. The van der Waals surface area contributed by atoms with E-state index in [0.717, 1.165) is 0 Å². The SMILES string of the molecule is COc1cc(NC(=O)c2ccc(Cl)o2)ccc1N. The maximum absolute atomic E-state index is 11.8. The number of halogens is 1. The summed E-state index contributed by atoms with van der Waals surface area (Å²) in [5.41, 5.74) is 6.72. The summed E-state index contributed by atoms with van der Waals surface area (Å²) in [6.45, 7) is 0. The number of anilines is 2. The van der Waals surface area contributed by atoms with E-state index in [2.05, 4.69) is 5.32 Å². The molecule has 1 amide bonds. The molecule has 0 radical (unpaired) electrons. The van der Waals surface area contributed by atoms with Gasteiger partial charge in [0.2, 0.25) is 0 Å². The van der Waals surface area contributed by atoms with Gasteiger partial charge in [-0.2, -0.15) is 0 Å². The maximum atomic E-state index is 11.8. The summed E-state index contributed by atoms with van der Waals surface area (Å²) in [7, 11) is 1.50. The third-order valence-corrected chi connectivity index (χ3v) is 2.49. The van der Waals surface area contributed by atoms with Crippen molar-refractivity contribution in [3.05, 3.63) is 41.3 Å². The number of furan rings is 1. The minimum atomic E-state index is -0.395. The van der Waals surface area contributed by atoms with Gasteiger partial charge in [-0.15, -0.1) is 0 Å². The van der Waals surface area contributed by atoms with Crippen LogP contribution in [0, 0.1) is 0 Å². The quantitative estimate of drug-likeness (QED) is 0.838. The summed E-state index contributed by atoms with van der Waals surface area (Å²) in [5.74, 6) is 0.231. The van der Waals surface area contributed by atoms with Gasteiger partial charge in [-0.25, -0.2) is 0 Å². The molecule has 0 aliphatic carbocycles. The topological polar surface area (TPSA) is 77.5 Å². The van der Waals surface area contributed by atoms with Crippen molar-refractivity contribution in [1.82, 2.24) is 0 Å². The second-order valence-electron chi connectivity index (χ2n) is 3.51. The fraction of sp³-hybridized carbons (Fsp3) is 0.0833. The van der Waals surface area contributed by atoms with Crippen molar-refractivity contribution in [3.63, 3.8) is 0 Å².